The van der Waals surface area contributed by atoms with Crippen molar-refractivity contribution in [3.63, 3.8) is 0 Å². The van der Waals surface area contributed by atoms with Crippen LogP contribution in [0.2, 0.25) is 0 Å². The second-order valence-electron chi connectivity index (χ2n) is 8.68. The maximum Gasteiger partial charge on any atom is 0.258 e. The number of rotatable bonds is 7. The molecule has 0 aliphatic carbocycles. The molecule has 1 N–H and O–H groups in total. The van der Waals surface area contributed by atoms with Gasteiger partial charge in [-0.15, -0.1) is 24.8 Å². The number of ether oxygens (including phenoxy) is 1. The lowest BCUT2D eigenvalue weighted by Gasteiger charge is -2.32. The minimum Gasteiger partial charge on any atom is -0.494 e. The molecule has 10 heteroatoms. The fraction of sp³-hybridized carbons (Fsp3) is 0.346. The minimum atomic E-state index is 0. The number of nitriles is 1. The van der Waals surface area contributed by atoms with Gasteiger partial charge in [0.15, 0.2) is 0 Å². The van der Waals surface area contributed by atoms with E-state index in [0.29, 0.717) is 12.2 Å². The summed E-state index contributed by atoms with van der Waals surface area (Å²) in [6, 6.07) is 15.6. The van der Waals surface area contributed by atoms with Crippen molar-refractivity contribution in [2.75, 3.05) is 26.2 Å². The first-order valence-electron chi connectivity index (χ1n) is 11.6. The number of hydrogen-bond donors (Lipinski definition) is 1. The molecule has 36 heavy (non-hydrogen) atoms. The van der Waals surface area contributed by atoms with Gasteiger partial charge in [-0.3, -0.25) is 9.20 Å². The topological polar surface area (TPSA) is 82.7 Å². The van der Waals surface area contributed by atoms with Crippen molar-refractivity contribution in [1.29, 1.82) is 5.26 Å². The number of hydrogen-bond acceptors (Lipinski definition) is 6. The third-order valence-corrected chi connectivity index (χ3v) is 7.36. The highest BCUT2D eigenvalue weighted by Gasteiger charge is 2.25. The number of amides is 1. The molecule has 0 spiro atoms. The standard InChI is InChI=1S/C26H27N5O2S.2ClH/c1-18-22-16-23(34-25-8-3-7-24(28-18)31(22)25)26(32)29-20-9-12-30(13-10-20)11-4-14-33-21-6-2-5-19(15-21)17-27;;/h2-3,5-8,15-16,20H,4,9-14H2,1H3,(H,29,32);2*1H. The summed E-state index contributed by atoms with van der Waals surface area (Å²) in [7, 11) is 0. The number of aryl methyl sites for hydroxylation is 1. The zero-order chi connectivity index (χ0) is 23.5. The Balaban J connectivity index is 0.00000180. The fourth-order valence-electron chi connectivity index (χ4n) is 4.52. The van der Waals surface area contributed by atoms with E-state index < -0.39 is 0 Å². The maximum absolute atomic E-state index is 13.0. The largest absolute Gasteiger partial charge is 0.494 e. The predicted molar refractivity (Wildman–Crippen MR) is 147 cm³/mol. The predicted octanol–water partition coefficient (Wildman–Crippen LogP) is 4.85. The number of imidazole rings is 1. The van der Waals surface area contributed by atoms with E-state index in [9.17, 15) is 4.79 Å². The molecule has 4 heterocycles. The monoisotopic (exact) mass is 545 g/mol. The van der Waals surface area contributed by atoms with Gasteiger partial charge in [0.1, 0.15) is 11.4 Å². The number of piperidine rings is 1. The second kappa shape index (κ2) is 12.5. The quantitative estimate of drug-likeness (QED) is 0.427. The molecule has 0 bridgehead atoms. The van der Waals surface area contributed by atoms with Gasteiger partial charge in [-0.2, -0.15) is 5.26 Å². The zero-order valence-corrected chi connectivity index (χ0v) is 22.4. The molecular weight excluding hydrogens is 517 g/mol. The number of carbonyl (C=O) groups excluding carboxylic acids is 1. The maximum atomic E-state index is 13.0. The summed E-state index contributed by atoms with van der Waals surface area (Å²) in [5.74, 6) is 0.741. The normalized spacial score (nSPS) is 15.3. The molecule has 2 aromatic heterocycles. The Morgan fingerprint density at radius 1 is 1.22 bits per heavy atom. The van der Waals surface area contributed by atoms with Gasteiger partial charge in [-0.05, 0) is 62.6 Å². The summed E-state index contributed by atoms with van der Waals surface area (Å²) in [6.07, 6.45) is 4.78. The third-order valence-electron chi connectivity index (χ3n) is 6.31. The van der Waals surface area contributed by atoms with Crippen LogP contribution in [-0.2, 0) is 4.79 Å². The van der Waals surface area contributed by atoms with Gasteiger partial charge >= 0.3 is 0 Å². The molecule has 2 aliphatic rings. The summed E-state index contributed by atoms with van der Waals surface area (Å²) < 4.78 is 7.89. The smallest absolute Gasteiger partial charge is 0.258 e. The summed E-state index contributed by atoms with van der Waals surface area (Å²) in [5.41, 5.74) is 3.46. The van der Waals surface area contributed by atoms with Gasteiger partial charge < -0.3 is 15.0 Å². The molecule has 190 valence electrons. The van der Waals surface area contributed by atoms with Crippen molar-refractivity contribution in [3.05, 3.63) is 64.3 Å². The van der Waals surface area contributed by atoms with E-state index >= 15 is 0 Å². The highest BCUT2D eigenvalue weighted by atomic mass is 35.5. The molecule has 0 atom stereocenters. The van der Waals surface area contributed by atoms with Gasteiger partial charge in [0, 0.05) is 25.7 Å². The molecule has 1 fully saturated rings. The summed E-state index contributed by atoms with van der Waals surface area (Å²) in [4.78, 5) is 20.8. The van der Waals surface area contributed by atoms with E-state index in [4.69, 9.17) is 10.00 Å². The van der Waals surface area contributed by atoms with Crippen LogP contribution in [0, 0.1) is 18.3 Å². The van der Waals surface area contributed by atoms with Crippen molar-refractivity contribution in [2.24, 2.45) is 0 Å². The number of halogens is 2. The van der Waals surface area contributed by atoms with Crippen LogP contribution in [0.5, 0.6) is 5.75 Å². The van der Waals surface area contributed by atoms with E-state index in [1.54, 1.807) is 12.1 Å². The van der Waals surface area contributed by atoms with Crippen molar-refractivity contribution in [2.45, 2.75) is 37.3 Å². The zero-order valence-electron chi connectivity index (χ0n) is 20.0. The van der Waals surface area contributed by atoms with Crippen LogP contribution in [0.1, 0.15) is 36.2 Å². The highest BCUT2D eigenvalue weighted by molar-refractivity contribution is 8.04. The number of carbonyl (C=O) groups is 1. The molecule has 7 nitrogen and oxygen atoms in total. The van der Waals surface area contributed by atoms with E-state index in [0.717, 1.165) is 71.6 Å². The first-order chi connectivity index (χ1) is 16.6. The molecule has 1 aromatic carbocycles. The van der Waals surface area contributed by atoms with Gasteiger partial charge in [-0.1, -0.05) is 23.9 Å². The molecule has 2 aliphatic heterocycles. The molecule has 1 amide bonds. The Kier molecular flexibility index (Phi) is 9.69. The average molecular weight is 547 g/mol. The van der Waals surface area contributed by atoms with Crippen LogP contribution < -0.4 is 10.1 Å². The Hall–Kier alpha value is -2.70. The average Bonchev–Trinajstić information content (AvgIpc) is 3.19. The van der Waals surface area contributed by atoms with Crippen molar-refractivity contribution in [1.82, 2.24) is 19.6 Å². The van der Waals surface area contributed by atoms with Crippen molar-refractivity contribution >= 4 is 54.2 Å². The van der Waals surface area contributed by atoms with Crippen LogP contribution >= 0.6 is 36.6 Å². The van der Waals surface area contributed by atoms with Crippen molar-refractivity contribution < 1.29 is 9.53 Å². The molecule has 0 saturated carbocycles. The van der Waals surface area contributed by atoms with E-state index in [-0.39, 0.29) is 36.8 Å². The van der Waals surface area contributed by atoms with Crippen LogP contribution in [0.4, 0.5) is 0 Å². The first kappa shape index (κ1) is 27.9. The van der Waals surface area contributed by atoms with Gasteiger partial charge in [0.2, 0.25) is 0 Å². The molecule has 5 rings (SSSR count). The summed E-state index contributed by atoms with van der Waals surface area (Å²) >= 11 is 1.50. The molecule has 0 radical (unpaired) electrons. The number of pyridine rings is 1. The highest BCUT2D eigenvalue weighted by Crippen LogP contribution is 2.35. The lowest BCUT2D eigenvalue weighted by molar-refractivity contribution is -0.117. The van der Waals surface area contributed by atoms with Crippen LogP contribution in [0.15, 0.2) is 52.4 Å². The van der Waals surface area contributed by atoms with E-state index in [2.05, 4.69) is 25.7 Å². The SMILES string of the molecule is Cc1nc2cccc3n2c1C=C(C(=O)NC1CCN(CCCOc2cccc(C#N)c2)CC1)S3.Cl.Cl. The first-order valence-corrected chi connectivity index (χ1v) is 12.5. The number of likely N-dealkylation sites (tertiary alicyclic amines) is 1. The number of thioether (sulfide) groups is 1. The van der Waals surface area contributed by atoms with E-state index in [1.165, 1.54) is 11.8 Å². The number of nitrogens with one attached hydrogen (secondary N) is 1. The Bertz CT molecular complexity index is 1300. The Morgan fingerprint density at radius 3 is 2.78 bits per heavy atom. The minimum absolute atomic E-state index is 0. The second-order valence-corrected chi connectivity index (χ2v) is 9.74. The molecule has 0 unspecified atom stereocenters. The molecule has 1 saturated heterocycles. The lowest BCUT2D eigenvalue weighted by atomic mass is 10.0. The van der Waals surface area contributed by atoms with Gasteiger partial charge in [0.25, 0.3) is 5.91 Å². The number of benzene rings is 1. The number of aromatic nitrogens is 2. The van der Waals surface area contributed by atoms with Crippen molar-refractivity contribution in [3.8, 4) is 11.8 Å². The van der Waals surface area contributed by atoms with Crippen LogP contribution in [-0.4, -0.2) is 52.5 Å². The summed E-state index contributed by atoms with van der Waals surface area (Å²) in [6.45, 7) is 5.50. The summed E-state index contributed by atoms with van der Waals surface area (Å²) in [5, 5.41) is 13.3. The third kappa shape index (κ3) is 6.16. The van der Waals surface area contributed by atoms with E-state index in [1.807, 2.05) is 43.3 Å². The Labute approximate surface area is 227 Å². The molecular formula is C26H29Cl2N5O2S. The van der Waals surface area contributed by atoms with Gasteiger partial charge in [0.05, 0.1) is 39.6 Å². The fourth-order valence-corrected chi connectivity index (χ4v) is 5.49. The number of nitrogens with zero attached hydrogens (tertiary/aromatic N) is 4. The van der Waals surface area contributed by atoms with Crippen LogP contribution in [0.3, 0.4) is 0 Å². The Morgan fingerprint density at radius 2 is 2.00 bits per heavy atom. The lowest BCUT2D eigenvalue weighted by Crippen LogP contribution is -2.45. The van der Waals surface area contributed by atoms with Gasteiger partial charge in [-0.25, -0.2) is 4.98 Å². The van der Waals surface area contributed by atoms with Crippen LogP contribution in [0.25, 0.3) is 11.7 Å². The molecule has 3 aromatic rings.